The van der Waals surface area contributed by atoms with Crippen molar-refractivity contribution < 1.29 is 0 Å². The Labute approximate surface area is 84.9 Å². The molecule has 0 bridgehead atoms. The number of rotatable bonds is 2. The highest BCUT2D eigenvalue weighted by Gasteiger charge is 2.15. The molecule has 78 valence electrons. The fraction of sp³-hybridized carbons (Fsp3) is 0.800. The second kappa shape index (κ2) is 4.55. The molecule has 0 aromatic rings. The van der Waals surface area contributed by atoms with Crippen molar-refractivity contribution in [2.45, 2.75) is 44.4 Å². The summed E-state index contributed by atoms with van der Waals surface area (Å²) < 4.78 is 0. The molecule has 0 aromatic heterocycles. The molecule has 1 aliphatic heterocycles. The third-order valence-electron chi connectivity index (χ3n) is 2.89. The zero-order valence-corrected chi connectivity index (χ0v) is 8.47. The Morgan fingerprint density at radius 2 is 2.14 bits per heavy atom. The van der Waals surface area contributed by atoms with Crippen molar-refractivity contribution >= 4 is 12.6 Å². The first kappa shape index (κ1) is 9.65. The van der Waals surface area contributed by atoms with Crippen LogP contribution in [0.1, 0.15) is 32.1 Å². The number of nitrogens with two attached hydrogens (primary N) is 1. The summed E-state index contributed by atoms with van der Waals surface area (Å²) in [5.74, 6) is 0. The molecule has 0 radical (unpaired) electrons. The summed E-state index contributed by atoms with van der Waals surface area (Å²) in [6.07, 6.45) is 10.0. The standard InChI is InChI=1S/C10H18N4/c11-10-12-6-7-14(10)8-13-9-4-2-1-3-5-9/h6,8-10H,1-5,7,11H2. The van der Waals surface area contributed by atoms with Gasteiger partial charge in [0.25, 0.3) is 0 Å². The van der Waals surface area contributed by atoms with E-state index in [1.807, 2.05) is 17.5 Å². The Balaban J connectivity index is 1.80. The molecule has 1 atom stereocenters. The first-order chi connectivity index (χ1) is 6.86. The van der Waals surface area contributed by atoms with E-state index in [0.717, 1.165) is 6.54 Å². The second-order valence-electron chi connectivity index (χ2n) is 4.00. The third kappa shape index (κ3) is 2.32. The van der Waals surface area contributed by atoms with Gasteiger partial charge in [0.2, 0.25) is 0 Å². The van der Waals surface area contributed by atoms with Gasteiger partial charge in [0.15, 0.2) is 6.29 Å². The van der Waals surface area contributed by atoms with Crippen molar-refractivity contribution in [3.05, 3.63) is 0 Å². The molecule has 2 rings (SSSR count). The van der Waals surface area contributed by atoms with Crippen molar-refractivity contribution in [1.82, 2.24) is 4.90 Å². The van der Waals surface area contributed by atoms with E-state index in [-0.39, 0.29) is 6.29 Å². The van der Waals surface area contributed by atoms with Crippen LogP contribution < -0.4 is 5.73 Å². The largest absolute Gasteiger partial charge is 0.324 e. The maximum atomic E-state index is 5.73. The summed E-state index contributed by atoms with van der Waals surface area (Å²) in [6.45, 7) is 0.803. The topological polar surface area (TPSA) is 54.0 Å². The summed E-state index contributed by atoms with van der Waals surface area (Å²) in [6, 6.07) is 0.525. The molecule has 0 saturated heterocycles. The van der Waals surface area contributed by atoms with Gasteiger partial charge in [-0.2, -0.15) is 0 Å². The molecule has 1 heterocycles. The molecule has 0 aromatic carbocycles. The van der Waals surface area contributed by atoms with Gasteiger partial charge in [0.05, 0.1) is 18.9 Å². The monoisotopic (exact) mass is 194 g/mol. The van der Waals surface area contributed by atoms with E-state index in [2.05, 4.69) is 9.98 Å². The fourth-order valence-corrected chi connectivity index (χ4v) is 1.97. The van der Waals surface area contributed by atoms with Crippen LogP contribution in [-0.2, 0) is 0 Å². The van der Waals surface area contributed by atoms with E-state index in [0.29, 0.717) is 6.04 Å². The number of hydrogen-bond acceptors (Lipinski definition) is 3. The van der Waals surface area contributed by atoms with Gasteiger partial charge in [0, 0.05) is 6.21 Å². The Bertz CT molecular complexity index is 230. The second-order valence-corrected chi connectivity index (χ2v) is 4.00. The van der Waals surface area contributed by atoms with Crippen LogP contribution in [0, 0.1) is 0 Å². The van der Waals surface area contributed by atoms with Gasteiger partial charge in [0.1, 0.15) is 0 Å². The van der Waals surface area contributed by atoms with Crippen LogP contribution in [0.4, 0.5) is 0 Å². The molecule has 4 nitrogen and oxygen atoms in total. The Hall–Kier alpha value is -0.900. The van der Waals surface area contributed by atoms with Gasteiger partial charge in [-0.1, -0.05) is 19.3 Å². The predicted octanol–water partition coefficient (Wildman–Crippen LogP) is 0.976. The zero-order chi connectivity index (χ0) is 9.80. The summed E-state index contributed by atoms with van der Waals surface area (Å²) in [5.41, 5.74) is 5.73. The summed E-state index contributed by atoms with van der Waals surface area (Å²) in [5, 5.41) is 0. The minimum absolute atomic E-state index is 0.206. The molecule has 1 aliphatic carbocycles. The van der Waals surface area contributed by atoms with Crippen LogP contribution in [0.3, 0.4) is 0 Å². The van der Waals surface area contributed by atoms with E-state index in [4.69, 9.17) is 5.73 Å². The molecule has 0 spiro atoms. The quantitative estimate of drug-likeness (QED) is 0.526. The molecule has 1 saturated carbocycles. The van der Waals surface area contributed by atoms with Crippen molar-refractivity contribution in [3.8, 4) is 0 Å². The molecule has 2 aliphatic rings. The van der Waals surface area contributed by atoms with Crippen molar-refractivity contribution in [1.29, 1.82) is 0 Å². The van der Waals surface area contributed by atoms with Crippen LogP contribution >= 0.6 is 0 Å². The maximum absolute atomic E-state index is 5.73. The molecular formula is C10H18N4. The first-order valence-electron chi connectivity index (χ1n) is 5.42. The van der Waals surface area contributed by atoms with E-state index >= 15 is 0 Å². The van der Waals surface area contributed by atoms with Crippen molar-refractivity contribution in [3.63, 3.8) is 0 Å². The molecule has 14 heavy (non-hydrogen) atoms. The SMILES string of the molecule is NC1N=CCN1C=NC1CCCCC1. The van der Waals surface area contributed by atoms with Crippen LogP contribution in [0.5, 0.6) is 0 Å². The molecule has 4 heteroatoms. The zero-order valence-electron chi connectivity index (χ0n) is 8.47. The predicted molar refractivity (Wildman–Crippen MR) is 58.5 cm³/mol. The lowest BCUT2D eigenvalue weighted by Gasteiger charge is -2.20. The van der Waals surface area contributed by atoms with Gasteiger partial charge < -0.3 is 4.90 Å². The normalized spacial score (nSPS) is 29.2. The lowest BCUT2D eigenvalue weighted by atomic mass is 9.96. The number of nitrogens with zero attached hydrogens (tertiary/aromatic N) is 3. The van der Waals surface area contributed by atoms with Crippen LogP contribution in [0.25, 0.3) is 0 Å². The average molecular weight is 194 g/mol. The van der Waals surface area contributed by atoms with Gasteiger partial charge in [-0.3, -0.25) is 15.7 Å². The van der Waals surface area contributed by atoms with Crippen molar-refractivity contribution in [2.75, 3.05) is 6.54 Å². The highest BCUT2D eigenvalue weighted by atomic mass is 15.3. The lowest BCUT2D eigenvalue weighted by molar-refractivity contribution is 0.392. The Morgan fingerprint density at radius 1 is 1.36 bits per heavy atom. The number of aliphatic imine (C=N–C) groups is 2. The van der Waals surface area contributed by atoms with Crippen LogP contribution in [0.15, 0.2) is 9.98 Å². The van der Waals surface area contributed by atoms with Crippen LogP contribution in [-0.4, -0.2) is 36.3 Å². The minimum atomic E-state index is -0.206. The summed E-state index contributed by atoms with van der Waals surface area (Å²) >= 11 is 0. The van der Waals surface area contributed by atoms with Crippen molar-refractivity contribution in [2.24, 2.45) is 15.7 Å². The lowest BCUT2D eigenvalue weighted by Crippen LogP contribution is -2.36. The highest BCUT2D eigenvalue weighted by Crippen LogP contribution is 2.19. The molecule has 0 amide bonds. The summed E-state index contributed by atoms with van der Waals surface area (Å²) in [7, 11) is 0. The number of hydrogen-bond donors (Lipinski definition) is 1. The first-order valence-corrected chi connectivity index (χ1v) is 5.42. The molecule has 1 fully saturated rings. The molecular weight excluding hydrogens is 176 g/mol. The van der Waals surface area contributed by atoms with E-state index in [1.165, 1.54) is 32.1 Å². The van der Waals surface area contributed by atoms with E-state index < -0.39 is 0 Å². The molecule has 1 unspecified atom stereocenters. The Kier molecular flexibility index (Phi) is 3.14. The van der Waals surface area contributed by atoms with E-state index in [1.54, 1.807) is 0 Å². The Morgan fingerprint density at radius 3 is 2.79 bits per heavy atom. The van der Waals surface area contributed by atoms with Crippen LogP contribution in [0.2, 0.25) is 0 Å². The van der Waals surface area contributed by atoms with Gasteiger partial charge in [-0.05, 0) is 12.8 Å². The minimum Gasteiger partial charge on any atom is -0.324 e. The smallest absolute Gasteiger partial charge is 0.174 e. The fourth-order valence-electron chi connectivity index (χ4n) is 1.97. The third-order valence-corrected chi connectivity index (χ3v) is 2.89. The molecule has 2 N–H and O–H groups in total. The van der Waals surface area contributed by atoms with E-state index in [9.17, 15) is 0 Å². The highest BCUT2D eigenvalue weighted by molar-refractivity contribution is 5.69. The summed E-state index contributed by atoms with van der Waals surface area (Å²) in [4.78, 5) is 10.6. The maximum Gasteiger partial charge on any atom is 0.174 e. The van der Waals surface area contributed by atoms with Gasteiger partial charge >= 0.3 is 0 Å². The average Bonchev–Trinajstić information content (AvgIpc) is 2.63. The van der Waals surface area contributed by atoms with Gasteiger partial charge in [-0.25, -0.2) is 0 Å². The van der Waals surface area contributed by atoms with Gasteiger partial charge in [-0.15, -0.1) is 0 Å².